The second-order valence-corrected chi connectivity index (χ2v) is 8.97. The van der Waals surface area contributed by atoms with E-state index in [0.717, 1.165) is 30.3 Å². The van der Waals surface area contributed by atoms with Gasteiger partial charge in [-0.15, -0.1) is 0 Å². The van der Waals surface area contributed by atoms with Crippen LogP contribution in [0.4, 0.5) is 18.9 Å². The van der Waals surface area contributed by atoms with Crippen LogP contribution >= 0.6 is 0 Å². The molecular weight excluding hydrogens is 407 g/mol. The van der Waals surface area contributed by atoms with Crippen LogP contribution in [-0.4, -0.2) is 31.4 Å². The minimum atomic E-state index is -4.56. The van der Waals surface area contributed by atoms with Crippen molar-refractivity contribution in [1.29, 1.82) is 0 Å². The lowest BCUT2D eigenvalue weighted by atomic mass is 9.83. The van der Waals surface area contributed by atoms with E-state index in [0.29, 0.717) is 31.2 Å². The van der Waals surface area contributed by atoms with Gasteiger partial charge in [0.05, 0.1) is 25.3 Å². The maximum Gasteiger partial charge on any atom is 0.416 e. The molecule has 1 atom stereocenters. The second-order valence-electron chi connectivity index (χ2n) is 8.97. The first-order chi connectivity index (χ1) is 14.7. The number of halogens is 3. The average molecular weight is 433 g/mol. The first-order valence-corrected chi connectivity index (χ1v) is 10.8. The van der Waals surface area contributed by atoms with Gasteiger partial charge < -0.3 is 19.5 Å². The molecule has 4 nitrogen and oxygen atoms in total. The minimum absolute atomic E-state index is 0.171. The van der Waals surface area contributed by atoms with Gasteiger partial charge in [0.15, 0.2) is 0 Å². The molecule has 0 radical (unpaired) electrons. The van der Waals surface area contributed by atoms with E-state index in [9.17, 15) is 18.3 Å². The normalized spacial score (nSPS) is 22.4. The number of hydrogen-bond donors (Lipinski definition) is 1. The highest BCUT2D eigenvalue weighted by atomic mass is 19.4. The summed E-state index contributed by atoms with van der Waals surface area (Å²) in [6.45, 7) is 4.01. The SMILES string of the molecule is CC(O)(c1ccc2c(c1)C1(CN2CC2CC2)OCCCO1)c1ccccc1C(F)(F)F. The fourth-order valence-corrected chi connectivity index (χ4v) is 4.75. The summed E-state index contributed by atoms with van der Waals surface area (Å²) in [5.74, 6) is -0.272. The Bertz CT molecular complexity index is 978. The Morgan fingerprint density at radius 1 is 1.06 bits per heavy atom. The predicted molar refractivity (Wildman–Crippen MR) is 110 cm³/mol. The van der Waals surface area contributed by atoms with Crippen molar-refractivity contribution in [1.82, 2.24) is 0 Å². The lowest BCUT2D eigenvalue weighted by molar-refractivity contribution is -0.265. The fourth-order valence-electron chi connectivity index (χ4n) is 4.75. The van der Waals surface area contributed by atoms with Gasteiger partial charge in [-0.05, 0) is 61.4 Å². The first kappa shape index (κ1) is 20.8. The van der Waals surface area contributed by atoms with Gasteiger partial charge in [0.2, 0.25) is 5.79 Å². The number of nitrogens with zero attached hydrogens (tertiary/aromatic N) is 1. The quantitative estimate of drug-likeness (QED) is 0.754. The van der Waals surface area contributed by atoms with Gasteiger partial charge in [0.25, 0.3) is 0 Å². The number of alkyl halides is 3. The fraction of sp³-hybridized carbons (Fsp3) is 0.500. The van der Waals surface area contributed by atoms with Crippen LogP contribution in [0.3, 0.4) is 0 Å². The highest BCUT2D eigenvalue weighted by Crippen LogP contribution is 2.48. The van der Waals surface area contributed by atoms with Crippen LogP contribution in [-0.2, 0) is 27.0 Å². The van der Waals surface area contributed by atoms with Crippen LogP contribution in [0.15, 0.2) is 42.5 Å². The summed E-state index contributed by atoms with van der Waals surface area (Å²) >= 11 is 0. The monoisotopic (exact) mass is 433 g/mol. The maximum atomic E-state index is 13.6. The molecule has 1 unspecified atom stereocenters. The average Bonchev–Trinajstić information content (AvgIpc) is 3.52. The Labute approximate surface area is 179 Å². The van der Waals surface area contributed by atoms with Crippen LogP contribution < -0.4 is 4.90 Å². The third kappa shape index (κ3) is 3.62. The molecule has 3 aliphatic rings. The summed E-state index contributed by atoms with van der Waals surface area (Å²) in [5, 5.41) is 11.3. The molecule has 2 aromatic rings. The van der Waals surface area contributed by atoms with Gasteiger partial charge in [-0.25, -0.2) is 0 Å². The number of rotatable bonds is 4. The van der Waals surface area contributed by atoms with Gasteiger partial charge in [0.1, 0.15) is 5.60 Å². The van der Waals surface area contributed by atoms with Crippen molar-refractivity contribution < 1.29 is 27.8 Å². The van der Waals surface area contributed by atoms with E-state index in [1.807, 2.05) is 6.07 Å². The Hall–Kier alpha value is -2.09. The molecule has 166 valence electrons. The molecule has 5 rings (SSSR count). The Balaban J connectivity index is 1.58. The Kier molecular flexibility index (Phi) is 4.84. The number of benzene rings is 2. The molecule has 2 heterocycles. The molecule has 1 spiro atoms. The van der Waals surface area contributed by atoms with Gasteiger partial charge in [-0.3, -0.25) is 0 Å². The molecule has 2 aliphatic heterocycles. The third-order valence-corrected chi connectivity index (χ3v) is 6.60. The lowest BCUT2D eigenvalue weighted by Gasteiger charge is -2.35. The number of fused-ring (bicyclic) bond motifs is 2. The number of hydrogen-bond acceptors (Lipinski definition) is 4. The summed E-state index contributed by atoms with van der Waals surface area (Å²) in [6.07, 6.45) is -1.34. The minimum Gasteiger partial charge on any atom is -0.381 e. The van der Waals surface area contributed by atoms with Crippen molar-refractivity contribution in [3.8, 4) is 0 Å². The predicted octanol–water partition coefficient (Wildman–Crippen LogP) is 4.78. The van der Waals surface area contributed by atoms with E-state index < -0.39 is 23.1 Å². The number of ether oxygens (including phenoxy) is 2. The van der Waals surface area contributed by atoms with E-state index in [4.69, 9.17) is 9.47 Å². The number of anilines is 1. The largest absolute Gasteiger partial charge is 0.416 e. The molecule has 31 heavy (non-hydrogen) atoms. The van der Waals surface area contributed by atoms with E-state index in [2.05, 4.69) is 4.90 Å². The first-order valence-electron chi connectivity index (χ1n) is 10.8. The standard InChI is InChI=1S/C24H26F3NO3/c1-22(29,18-5-2-3-6-19(18)24(25,26)27)17-9-10-21-20(13-17)23(30-11-4-12-31-23)15-28(21)14-16-7-8-16/h2-3,5-6,9-10,13,16,29H,4,7-8,11-12,14-15H2,1H3. The van der Waals surface area contributed by atoms with E-state index in [1.54, 1.807) is 12.1 Å². The molecule has 2 fully saturated rings. The highest BCUT2D eigenvalue weighted by Gasteiger charge is 2.48. The molecule has 2 aromatic carbocycles. The van der Waals surface area contributed by atoms with Crippen molar-refractivity contribution in [2.45, 2.75) is 43.8 Å². The van der Waals surface area contributed by atoms with Crippen LogP contribution in [0.2, 0.25) is 0 Å². The second kappa shape index (κ2) is 7.22. The molecule has 7 heteroatoms. The van der Waals surface area contributed by atoms with Crippen molar-refractivity contribution in [3.05, 3.63) is 64.7 Å². The van der Waals surface area contributed by atoms with Crippen LogP contribution in [0.1, 0.15) is 48.4 Å². The van der Waals surface area contributed by atoms with Crippen molar-refractivity contribution in [2.24, 2.45) is 5.92 Å². The molecule has 1 N–H and O–H groups in total. The maximum absolute atomic E-state index is 13.6. The molecule has 1 aliphatic carbocycles. The molecule has 0 aromatic heterocycles. The number of aliphatic hydroxyl groups is 1. The third-order valence-electron chi connectivity index (χ3n) is 6.60. The smallest absolute Gasteiger partial charge is 0.381 e. The lowest BCUT2D eigenvalue weighted by Crippen LogP contribution is -2.42. The van der Waals surface area contributed by atoms with E-state index in [-0.39, 0.29) is 5.56 Å². The molecule has 1 saturated carbocycles. The molecule has 0 amide bonds. The summed E-state index contributed by atoms with van der Waals surface area (Å²) in [6, 6.07) is 10.5. The molecular formula is C24H26F3NO3. The van der Waals surface area contributed by atoms with E-state index >= 15 is 0 Å². The Morgan fingerprint density at radius 3 is 2.39 bits per heavy atom. The van der Waals surface area contributed by atoms with Gasteiger partial charge in [-0.1, -0.05) is 24.3 Å². The van der Waals surface area contributed by atoms with Gasteiger partial charge in [-0.2, -0.15) is 13.2 Å². The zero-order chi connectivity index (χ0) is 21.9. The van der Waals surface area contributed by atoms with Crippen molar-refractivity contribution >= 4 is 5.69 Å². The van der Waals surface area contributed by atoms with E-state index in [1.165, 1.54) is 38.0 Å². The summed E-state index contributed by atoms with van der Waals surface area (Å²) in [4.78, 5) is 2.25. The van der Waals surface area contributed by atoms with Crippen molar-refractivity contribution in [3.63, 3.8) is 0 Å². The molecule has 1 saturated heterocycles. The Morgan fingerprint density at radius 2 is 1.74 bits per heavy atom. The zero-order valence-corrected chi connectivity index (χ0v) is 17.4. The molecule has 0 bridgehead atoms. The topological polar surface area (TPSA) is 41.9 Å². The summed E-state index contributed by atoms with van der Waals surface area (Å²) < 4.78 is 53.1. The summed E-state index contributed by atoms with van der Waals surface area (Å²) in [7, 11) is 0. The van der Waals surface area contributed by atoms with Crippen LogP contribution in [0.5, 0.6) is 0 Å². The highest BCUT2D eigenvalue weighted by molar-refractivity contribution is 5.63. The van der Waals surface area contributed by atoms with Crippen LogP contribution in [0.25, 0.3) is 0 Å². The zero-order valence-electron chi connectivity index (χ0n) is 17.4. The van der Waals surface area contributed by atoms with Gasteiger partial charge in [0, 0.05) is 17.8 Å². The van der Waals surface area contributed by atoms with Crippen LogP contribution in [0, 0.1) is 5.92 Å². The van der Waals surface area contributed by atoms with Gasteiger partial charge >= 0.3 is 6.18 Å². The van der Waals surface area contributed by atoms with Crippen molar-refractivity contribution in [2.75, 3.05) is 31.2 Å². The summed E-state index contributed by atoms with van der Waals surface area (Å²) in [5.41, 5.74) is -0.701.